The summed E-state index contributed by atoms with van der Waals surface area (Å²) < 4.78 is 56.4. The molecule has 338 valence electrons. The highest BCUT2D eigenvalue weighted by molar-refractivity contribution is 6.17. The van der Waals surface area contributed by atoms with Gasteiger partial charge in [0.2, 0.25) is 0 Å². The quantitative estimate of drug-likeness (QED) is 0.125. The lowest BCUT2D eigenvalue weighted by Gasteiger charge is -2.40. The third kappa shape index (κ3) is 11.9. The van der Waals surface area contributed by atoms with E-state index < -0.39 is 96.0 Å². The number of rotatable bonds is 15. The van der Waals surface area contributed by atoms with Crippen molar-refractivity contribution in [3.8, 4) is 12.0 Å². The first-order valence-electron chi connectivity index (χ1n) is 18.4. The van der Waals surface area contributed by atoms with Gasteiger partial charge >= 0.3 is 47.8 Å². The Labute approximate surface area is 351 Å². The van der Waals surface area contributed by atoms with Gasteiger partial charge in [0.05, 0.1) is 27.4 Å². The lowest BCUT2D eigenvalue weighted by Crippen LogP contribution is -2.59. The topological polar surface area (TPSA) is 313 Å². The van der Waals surface area contributed by atoms with Crippen LogP contribution < -0.4 is 31.2 Å². The van der Waals surface area contributed by atoms with E-state index in [2.05, 4.69) is 30.6 Å². The Hall–Kier alpha value is -6.96. The summed E-state index contributed by atoms with van der Waals surface area (Å²) in [7, 11) is 5.17. The molecular weight excluding hydrogens is 832 g/mol. The first-order valence-corrected chi connectivity index (χ1v) is 18.4. The summed E-state index contributed by atoms with van der Waals surface area (Å²) in [4.78, 5) is 117. The number of ether oxygens (including phenoxy) is 10. The minimum atomic E-state index is -1.46. The first kappa shape index (κ1) is 47.7. The molecule has 0 spiro atoms. The standard InChI is InChI=1S/C36H46N8O18/c1-15(45)57-21-13-55-31(27(61-19(5)49)25(21)59-17(3)47)39-29-23(33(51)43(7)35(41-29)53-9)37-11-12-38-24-30(42-36(54-10)44(8)34(24)52)40-32-28(62-20(6)50)26(60-18(4)48)22(14-56-32)58-16(2)46/h11-12,21-22,25-28,31-32,39-40H,13-14H2,1-10H3/t21-,22-,25-,26-,27-,28-,31+,32+/m0/s1. The minimum absolute atomic E-state index is 0.199. The molecule has 2 N–H and O–H groups in total. The van der Waals surface area contributed by atoms with Crippen LogP contribution in [0.15, 0.2) is 19.6 Å². The number of nitrogens with one attached hydrogen (secondary N) is 2. The maximum atomic E-state index is 13.6. The fourth-order valence-electron chi connectivity index (χ4n) is 6.16. The van der Waals surface area contributed by atoms with Gasteiger partial charge in [-0.3, -0.25) is 47.5 Å². The van der Waals surface area contributed by atoms with Gasteiger partial charge in [0.25, 0.3) is 11.1 Å². The zero-order chi connectivity index (χ0) is 46.0. The maximum absolute atomic E-state index is 13.6. The molecule has 2 aromatic heterocycles. The molecule has 4 heterocycles. The molecule has 26 nitrogen and oxygen atoms in total. The lowest BCUT2D eigenvalue weighted by atomic mass is 10.0. The molecule has 0 saturated carbocycles. The van der Waals surface area contributed by atoms with Crippen LogP contribution in [0.3, 0.4) is 0 Å². The van der Waals surface area contributed by atoms with E-state index in [9.17, 15) is 38.4 Å². The maximum Gasteiger partial charge on any atom is 0.303 e. The van der Waals surface area contributed by atoms with E-state index >= 15 is 0 Å². The predicted octanol–water partition coefficient (Wildman–Crippen LogP) is -0.877. The number of nitrogens with zero attached hydrogens (tertiary/aromatic N) is 6. The normalized spacial score (nSPS) is 23.5. The Bertz CT molecular complexity index is 2070. The molecule has 8 atom stereocenters. The van der Waals surface area contributed by atoms with Crippen LogP contribution in [0.5, 0.6) is 12.0 Å². The first-order chi connectivity index (χ1) is 29.2. The van der Waals surface area contributed by atoms with Gasteiger partial charge < -0.3 is 58.0 Å². The molecule has 2 fully saturated rings. The smallest absolute Gasteiger partial charge is 0.303 e. The summed E-state index contributed by atoms with van der Waals surface area (Å²) in [6.45, 7) is 5.89. The average Bonchev–Trinajstić information content (AvgIpc) is 3.18. The van der Waals surface area contributed by atoms with Gasteiger partial charge in [0.1, 0.15) is 0 Å². The number of aromatic nitrogens is 4. The predicted molar refractivity (Wildman–Crippen MR) is 208 cm³/mol. The minimum Gasteiger partial charge on any atom is -0.468 e. The van der Waals surface area contributed by atoms with E-state index in [0.717, 1.165) is 63.1 Å². The van der Waals surface area contributed by atoms with Crippen molar-refractivity contribution in [3.05, 3.63) is 20.7 Å². The SMILES string of the molecule is COc1nc(N[C@@H]2OC[C@H](OC(C)=O)[C@H](OC(C)=O)[C@@H]2OC(C)=O)c(N=CC=Nc2c(N[C@@H]3OC[C@H](OC(C)=O)[C@H](OC(C)=O)[C@@H]3OC(C)=O)nc(OC)n(C)c2=O)c(=O)n1C. The van der Waals surface area contributed by atoms with Crippen LogP contribution in [-0.4, -0.2) is 144 Å². The summed E-state index contributed by atoms with van der Waals surface area (Å²) >= 11 is 0. The third-order valence-electron chi connectivity index (χ3n) is 8.55. The van der Waals surface area contributed by atoms with Crippen molar-refractivity contribution >= 4 is 71.3 Å². The van der Waals surface area contributed by atoms with Crippen LogP contribution in [0.1, 0.15) is 41.5 Å². The van der Waals surface area contributed by atoms with E-state index in [1.807, 2.05) is 0 Å². The van der Waals surface area contributed by atoms with Crippen LogP contribution in [0.25, 0.3) is 0 Å². The van der Waals surface area contributed by atoms with E-state index in [0.29, 0.717) is 0 Å². The van der Waals surface area contributed by atoms with Crippen molar-refractivity contribution in [3.63, 3.8) is 0 Å². The Balaban J connectivity index is 1.75. The van der Waals surface area contributed by atoms with E-state index in [4.69, 9.17) is 47.4 Å². The van der Waals surface area contributed by atoms with Crippen molar-refractivity contribution in [1.29, 1.82) is 0 Å². The van der Waals surface area contributed by atoms with Gasteiger partial charge in [0, 0.05) is 68.1 Å². The fourth-order valence-corrected chi connectivity index (χ4v) is 6.16. The van der Waals surface area contributed by atoms with Crippen LogP contribution in [-0.2, 0) is 80.8 Å². The van der Waals surface area contributed by atoms with Crippen molar-refractivity contribution in [2.45, 2.75) is 90.6 Å². The van der Waals surface area contributed by atoms with Crippen molar-refractivity contribution < 1.29 is 76.1 Å². The molecule has 0 unspecified atom stereocenters. The van der Waals surface area contributed by atoms with Gasteiger partial charge in [-0.15, -0.1) is 0 Å². The Morgan fingerprint density at radius 1 is 0.565 bits per heavy atom. The molecule has 2 saturated heterocycles. The summed E-state index contributed by atoms with van der Waals surface area (Å²) in [5.41, 5.74) is -2.31. The molecule has 4 rings (SSSR count). The number of methoxy groups -OCH3 is 2. The number of hydrogen-bond donors (Lipinski definition) is 2. The molecule has 0 radical (unpaired) electrons. The number of carbonyl (C=O) groups is 6. The molecule has 2 aromatic rings. The third-order valence-corrected chi connectivity index (χ3v) is 8.55. The molecule has 26 heteroatoms. The number of anilines is 2. The summed E-state index contributed by atoms with van der Waals surface area (Å²) in [6, 6.07) is -0.398. The van der Waals surface area contributed by atoms with Gasteiger partial charge in [-0.1, -0.05) is 0 Å². The van der Waals surface area contributed by atoms with Gasteiger partial charge in [-0.2, -0.15) is 9.97 Å². The highest BCUT2D eigenvalue weighted by atomic mass is 16.7. The van der Waals surface area contributed by atoms with Crippen LogP contribution >= 0.6 is 0 Å². The molecular formula is C36H46N8O18. The molecule has 62 heavy (non-hydrogen) atoms. The highest BCUT2D eigenvalue weighted by Crippen LogP contribution is 2.30. The number of carbonyl (C=O) groups excluding carboxylic acids is 6. The number of esters is 6. The average molecular weight is 879 g/mol. The van der Waals surface area contributed by atoms with Crippen LogP contribution in [0.4, 0.5) is 23.0 Å². The summed E-state index contributed by atoms with van der Waals surface area (Å²) in [5, 5.41) is 5.65. The van der Waals surface area contributed by atoms with E-state index in [1.165, 1.54) is 28.3 Å². The Kier molecular flexibility index (Phi) is 16.2. The van der Waals surface area contributed by atoms with Gasteiger partial charge in [0.15, 0.2) is 72.1 Å². The highest BCUT2D eigenvalue weighted by Gasteiger charge is 2.49. The molecule has 0 bridgehead atoms. The fraction of sp³-hybridized carbons (Fsp3) is 0.556. The van der Waals surface area contributed by atoms with E-state index in [-0.39, 0.29) is 48.2 Å². The molecule has 0 amide bonds. The monoisotopic (exact) mass is 878 g/mol. The Morgan fingerprint density at radius 3 is 1.16 bits per heavy atom. The van der Waals surface area contributed by atoms with Crippen LogP contribution in [0, 0.1) is 0 Å². The van der Waals surface area contributed by atoms with Crippen LogP contribution in [0.2, 0.25) is 0 Å². The van der Waals surface area contributed by atoms with Gasteiger partial charge in [-0.05, 0) is 0 Å². The zero-order valence-electron chi connectivity index (χ0n) is 35.2. The molecule has 0 aliphatic carbocycles. The largest absolute Gasteiger partial charge is 0.468 e. The molecule has 2 aliphatic rings. The van der Waals surface area contributed by atoms with Crippen molar-refractivity contribution in [2.75, 3.05) is 38.1 Å². The summed E-state index contributed by atoms with van der Waals surface area (Å²) in [5.74, 6) is -5.27. The van der Waals surface area contributed by atoms with E-state index in [1.54, 1.807) is 0 Å². The molecule has 0 aromatic carbocycles. The zero-order valence-corrected chi connectivity index (χ0v) is 35.2. The lowest BCUT2D eigenvalue weighted by molar-refractivity contribution is -0.221. The van der Waals surface area contributed by atoms with Gasteiger partial charge in [-0.25, -0.2) is 9.98 Å². The number of hydrogen-bond acceptors (Lipinski definition) is 24. The van der Waals surface area contributed by atoms with Crippen molar-refractivity contribution in [2.24, 2.45) is 24.1 Å². The number of aliphatic imine (C=N–C) groups is 2. The summed E-state index contributed by atoms with van der Waals surface area (Å²) in [6.07, 6.45) is -8.76. The second-order valence-corrected chi connectivity index (χ2v) is 13.3. The second kappa shape index (κ2) is 21.0. The second-order valence-electron chi connectivity index (χ2n) is 13.3. The Morgan fingerprint density at radius 2 is 0.871 bits per heavy atom. The van der Waals surface area contributed by atoms with Crippen molar-refractivity contribution in [1.82, 2.24) is 19.1 Å². The molecule has 2 aliphatic heterocycles.